The summed E-state index contributed by atoms with van der Waals surface area (Å²) < 4.78 is 5.36. The molecule has 0 aromatic heterocycles. The number of alkyl halides is 1. The standard InChI is InChI=1S/C11H9BrClNO2/c1-16-11(15)4-7-2-9(12)3-8(5-13)10(7)6-14/h2-3H,4-5H2,1H3. The highest BCUT2D eigenvalue weighted by Crippen LogP contribution is 2.23. The number of carbonyl (C=O) groups excluding carboxylic acids is 1. The summed E-state index contributed by atoms with van der Waals surface area (Å²) >= 11 is 9.05. The first-order chi connectivity index (χ1) is 7.62. The Bertz CT molecular complexity index is 454. The highest BCUT2D eigenvalue weighted by Gasteiger charge is 2.12. The van der Waals surface area contributed by atoms with Gasteiger partial charge in [0.2, 0.25) is 0 Å². The minimum Gasteiger partial charge on any atom is -0.469 e. The second-order valence-electron chi connectivity index (χ2n) is 3.10. The molecule has 1 aromatic carbocycles. The molecule has 0 fully saturated rings. The Hall–Kier alpha value is -1.05. The second-order valence-corrected chi connectivity index (χ2v) is 4.28. The van der Waals surface area contributed by atoms with Crippen LogP contribution in [0.15, 0.2) is 16.6 Å². The van der Waals surface area contributed by atoms with Crippen LogP contribution in [0.5, 0.6) is 0 Å². The van der Waals surface area contributed by atoms with E-state index in [1.165, 1.54) is 7.11 Å². The molecule has 1 aromatic rings. The summed E-state index contributed by atoms with van der Waals surface area (Å²) in [4.78, 5) is 11.2. The van der Waals surface area contributed by atoms with Crippen molar-refractivity contribution in [1.82, 2.24) is 0 Å². The molecule has 0 N–H and O–H groups in total. The van der Waals surface area contributed by atoms with Gasteiger partial charge < -0.3 is 4.74 Å². The molecule has 16 heavy (non-hydrogen) atoms. The van der Waals surface area contributed by atoms with Crippen LogP contribution in [-0.2, 0) is 21.8 Å². The Kier molecular flexibility index (Phi) is 4.78. The van der Waals surface area contributed by atoms with Crippen LogP contribution in [-0.4, -0.2) is 13.1 Å². The van der Waals surface area contributed by atoms with Gasteiger partial charge in [-0.2, -0.15) is 5.26 Å². The molecule has 0 heterocycles. The van der Waals surface area contributed by atoms with Crippen LogP contribution in [0.4, 0.5) is 0 Å². The van der Waals surface area contributed by atoms with Gasteiger partial charge in [0.25, 0.3) is 0 Å². The quantitative estimate of drug-likeness (QED) is 0.637. The lowest BCUT2D eigenvalue weighted by Gasteiger charge is -2.07. The summed E-state index contributed by atoms with van der Waals surface area (Å²) in [6.07, 6.45) is 0.0721. The van der Waals surface area contributed by atoms with Crippen molar-refractivity contribution in [3.63, 3.8) is 0 Å². The summed E-state index contributed by atoms with van der Waals surface area (Å²) in [5.41, 5.74) is 1.78. The first-order valence-corrected chi connectivity index (χ1v) is 5.79. The lowest BCUT2D eigenvalue weighted by atomic mass is 10.0. The highest BCUT2D eigenvalue weighted by atomic mass is 79.9. The van der Waals surface area contributed by atoms with Crippen LogP contribution < -0.4 is 0 Å². The minimum atomic E-state index is -0.380. The zero-order chi connectivity index (χ0) is 12.1. The number of carbonyl (C=O) groups is 1. The number of hydrogen-bond donors (Lipinski definition) is 0. The predicted molar refractivity (Wildman–Crippen MR) is 64.1 cm³/mol. The fourth-order valence-corrected chi connectivity index (χ4v) is 2.10. The summed E-state index contributed by atoms with van der Waals surface area (Å²) in [5, 5.41) is 9.03. The minimum absolute atomic E-state index is 0.0721. The zero-order valence-corrected chi connectivity index (χ0v) is 10.9. The third-order valence-corrected chi connectivity index (χ3v) is 2.83. The number of methoxy groups -OCH3 is 1. The second kappa shape index (κ2) is 5.88. The number of nitriles is 1. The summed E-state index contributed by atoms with van der Waals surface area (Å²) in [6, 6.07) is 5.56. The van der Waals surface area contributed by atoms with Gasteiger partial charge in [0.1, 0.15) is 0 Å². The molecule has 0 spiro atoms. The van der Waals surface area contributed by atoms with E-state index in [0.717, 1.165) is 4.47 Å². The van der Waals surface area contributed by atoms with Crippen LogP contribution in [0.3, 0.4) is 0 Å². The molecule has 0 unspecified atom stereocenters. The molecule has 0 radical (unpaired) electrons. The first-order valence-electron chi connectivity index (χ1n) is 4.46. The van der Waals surface area contributed by atoms with E-state index in [0.29, 0.717) is 16.7 Å². The molecule has 3 nitrogen and oxygen atoms in total. The maximum atomic E-state index is 11.2. The molecule has 0 amide bonds. The molecule has 1 rings (SSSR count). The molecular formula is C11H9BrClNO2. The molecule has 0 bridgehead atoms. The lowest BCUT2D eigenvalue weighted by molar-refractivity contribution is -0.139. The molecule has 0 aliphatic heterocycles. The van der Waals surface area contributed by atoms with Gasteiger partial charge in [-0.3, -0.25) is 4.79 Å². The number of esters is 1. The van der Waals surface area contributed by atoms with Crippen molar-refractivity contribution in [3.05, 3.63) is 33.3 Å². The summed E-state index contributed by atoms with van der Waals surface area (Å²) in [5.74, 6) is -0.147. The lowest BCUT2D eigenvalue weighted by Crippen LogP contribution is -2.07. The number of halogens is 2. The Morgan fingerprint density at radius 2 is 2.19 bits per heavy atom. The number of benzene rings is 1. The largest absolute Gasteiger partial charge is 0.469 e. The predicted octanol–water partition coefficient (Wildman–Crippen LogP) is 2.78. The van der Waals surface area contributed by atoms with E-state index in [1.54, 1.807) is 12.1 Å². The van der Waals surface area contributed by atoms with Gasteiger partial charge in [0.15, 0.2) is 0 Å². The molecule has 0 atom stereocenters. The zero-order valence-electron chi connectivity index (χ0n) is 8.59. The summed E-state index contributed by atoms with van der Waals surface area (Å²) in [7, 11) is 1.31. The highest BCUT2D eigenvalue weighted by molar-refractivity contribution is 9.10. The van der Waals surface area contributed by atoms with Gasteiger partial charge in [-0.25, -0.2) is 0 Å². The normalized spacial score (nSPS) is 9.62. The Labute approximate surface area is 107 Å². The van der Waals surface area contributed by atoms with Crippen LogP contribution >= 0.6 is 27.5 Å². The fourth-order valence-electron chi connectivity index (χ4n) is 1.34. The van der Waals surface area contributed by atoms with E-state index in [-0.39, 0.29) is 18.3 Å². The topological polar surface area (TPSA) is 50.1 Å². The molecule has 0 saturated heterocycles. The van der Waals surface area contributed by atoms with Gasteiger partial charge >= 0.3 is 5.97 Å². The Balaban J connectivity index is 3.21. The Morgan fingerprint density at radius 3 is 2.69 bits per heavy atom. The Morgan fingerprint density at radius 1 is 1.56 bits per heavy atom. The molecule has 5 heteroatoms. The van der Waals surface area contributed by atoms with Crippen LogP contribution in [0.25, 0.3) is 0 Å². The third kappa shape index (κ3) is 2.97. The van der Waals surface area contributed by atoms with Crippen molar-refractivity contribution < 1.29 is 9.53 Å². The average Bonchev–Trinajstić information content (AvgIpc) is 2.28. The maximum absolute atomic E-state index is 11.2. The fraction of sp³-hybridized carbons (Fsp3) is 0.273. The van der Waals surface area contributed by atoms with Gasteiger partial charge in [0, 0.05) is 10.4 Å². The number of hydrogen-bond acceptors (Lipinski definition) is 3. The van der Waals surface area contributed by atoms with Crippen molar-refractivity contribution in [3.8, 4) is 6.07 Å². The van der Waals surface area contributed by atoms with E-state index in [1.807, 2.05) is 0 Å². The number of rotatable bonds is 3. The van der Waals surface area contributed by atoms with E-state index in [2.05, 4.69) is 26.7 Å². The van der Waals surface area contributed by atoms with Crippen molar-refractivity contribution in [2.45, 2.75) is 12.3 Å². The smallest absolute Gasteiger partial charge is 0.310 e. The molecule has 84 valence electrons. The van der Waals surface area contributed by atoms with E-state index in [4.69, 9.17) is 16.9 Å². The maximum Gasteiger partial charge on any atom is 0.310 e. The number of ether oxygens (including phenoxy) is 1. The number of nitrogens with zero attached hydrogens (tertiary/aromatic N) is 1. The van der Waals surface area contributed by atoms with Crippen molar-refractivity contribution in [1.29, 1.82) is 5.26 Å². The summed E-state index contributed by atoms with van der Waals surface area (Å²) in [6.45, 7) is 0. The SMILES string of the molecule is COC(=O)Cc1cc(Br)cc(CCl)c1C#N. The molecular weight excluding hydrogens is 293 g/mol. The van der Waals surface area contributed by atoms with Gasteiger partial charge in [-0.1, -0.05) is 15.9 Å². The monoisotopic (exact) mass is 301 g/mol. The van der Waals surface area contributed by atoms with Crippen molar-refractivity contribution >= 4 is 33.5 Å². The van der Waals surface area contributed by atoms with Crippen LogP contribution in [0, 0.1) is 11.3 Å². The van der Waals surface area contributed by atoms with E-state index >= 15 is 0 Å². The first kappa shape index (κ1) is 13.0. The van der Waals surface area contributed by atoms with Crippen LogP contribution in [0.2, 0.25) is 0 Å². The molecule has 0 aliphatic carbocycles. The third-order valence-electron chi connectivity index (χ3n) is 2.08. The average molecular weight is 303 g/mol. The van der Waals surface area contributed by atoms with E-state index in [9.17, 15) is 4.79 Å². The van der Waals surface area contributed by atoms with Crippen LogP contribution in [0.1, 0.15) is 16.7 Å². The van der Waals surface area contributed by atoms with Gasteiger partial charge in [-0.05, 0) is 23.3 Å². The van der Waals surface area contributed by atoms with E-state index < -0.39 is 0 Å². The van der Waals surface area contributed by atoms with Gasteiger partial charge in [-0.15, -0.1) is 11.6 Å². The molecule has 0 aliphatic rings. The van der Waals surface area contributed by atoms with Crippen molar-refractivity contribution in [2.24, 2.45) is 0 Å². The van der Waals surface area contributed by atoms with Crippen molar-refractivity contribution in [2.75, 3.05) is 7.11 Å². The molecule has 0 saturated carbocycles. The van der Waals surface area contributed by atoms with Gasteiger partial charge in [0.05, 0.1) is 25.2 Å².